The van der Waals surface area contributed by atoms with Crippen LogP contribution in [0.3, 0.4) is 0 Å². The SMILES string of the molecule is O.O.O=P(O)(O)P(=O)(O)O. The summed E-state index contributed by atoms with van der Waals surface area (Å²) in [5.41, 5.74) is 0. The van der Waals surface area contributed by atoms with Crippen LogP contribution in [0.1, 0.15) is 0 Å². The Hall–Kier alpha value is 0.220. The fraction of sp³-hybridized carbons (Fsp3) is 0. The second-order valence-corrected chi connectivity index (χ2v) is 6.21. The van der Waals surface area contributed by atoms with E-state index in [1.807, 2.05) is 0 Å². The predicted molar refractivity (Wildman–Crippen MR) is 31.3 cm³/mol. The van der Waals surface area contributed by atoms with Gasteiger partial charge in [-0.25, -0.2) is 9.13 Å². The number of hydrogen-bond donors (Lipinski definition) is 4. The summed E-state index contributed by atoms with van der Waals surface area (Å²) in [6.45, 7) is 0. The molecular formula is H8O8P2. The average Bonchev–Trinajstić information content (AvgIpc) is 1.25. The highest BCUT2D eigenvalue weighted by atomic mass is 32.1. The highest BCUT2D eigenvalue weighted by molar-refractivity contribution is 8.26. The van der Waals surface area contributed by atoms with Gasteiger partial charge in [0, 0.05) is 0 Å². The van der Waals surface area contributed by atoms with Crippen LogP contribution in [-0.2, 0) is 9.13 Å². The van der Waals surface area contributed by atoms with Gasteiger partial charge in [-0.15, -0.1) is 0 Å². The normalized spacial score (nSPS) is 11.2. The predicted octanol–water partition coefficient (Wildman–Crippen LogP) is -2.39. The molecule has 0 rings (SSSR count). The van der Waals surface area contributed by atoms with Gasteiger partial charge in [-0.2, -0.15) is 0 Å². The Morgan fingerprint density at radius 2 is 0.800 bits per heavy atom. The van der Waals surface area contributed by atoms with E-state index in [0.29, 0.717) is 0 Å². The van der Waals surface area contributed by atoms with E-state index in [9.17, 15) is 9.13 Å². The van der Waals surface area contributed by atoms with Crippen molar-refractivity contribution in [3.8, 4) is 0 Å². The standard InChI is InChI=1S/H4O6P2.2H2O/c1-7(2,3)8(4,5)6;;/h(H2,1,2,3)(H2,4,5,6);2*1H2. The van der Waals surface area contributed by atoms with Gasteiger partial charge in [0.05, 0.1) is 0 Å². The Morgan fingerprint density at radius 3 is 0.800 bits per heavy atom. The molecule has 0 heterocycles. The summed E-state index contributed by atoms with van der Waals surface area (Å²) >= 11 is 0. The Bertz CT molecular complexity index is 136. The van der Waals surface area contributed by atoms with Crippen molar-refractivity contribution in [1.82, 2.24) is 0 Å². The van der Waals surface area contributed by atoms with Crippen molar-refractivity contribution in [1.29, 1.82) is 0 Å². The van der Waals surface area contributed by atoms with Gasteiger partial charge in [0.25, 0.3) is 0 Å². The summed E-state index contributed by atoms with van der Waals surface area (Å²) in [6.07, 6.45) is 0. The fourth-order valence-electron chi connectivity index (χ4n) is 0. The van der Waals surface area contributed by atoms with E-state index in [0.717, 1.165) is 0 Å². The lowest BCUT2D eigenvalue weighted by Crippen LogP contribution is -1.78. The molecule has 0 aromatic heterocycles. The van der Waals surface area contributed by atoms with Crippen LogP contribution in [0.25, 0.3) is 0 Å². The molecule has 10 heteroatoms. The summed E-state index contributed by atoms with van der Waals surface area (Å²) in [5, 5.41) is 0. The first-order valence-electron chi connectivity index (χ1n) is 1.37. The third-order valence-electron chi connectivity index (χ3n) is 0.339. The summed E-state index contributed by atoms with van der Waals surface area (Å²) in [5.74, 6) is 0. The summed E-state index contributed by atoms with van der Waals surface area (Å²) in [7, 11) is -10.4. The van der Waals surface area contributed by atoms with Gasteiger partial charge in [-0.05, 0) is 0 Å². The van der Waals surface area contributed by atoms with E-state index in [-0.39, 0.29) is 11.0 Å². The topological polar surface area (TPSA) is 178 Å². The van der Waals surface area contributed by atoms with E-state index in [1.54, 1.807) is 0 Å². The zero-order chi connectivity index (χ0) is 7.00. The fourth-order valence-corrected chi connectivity index (χ4v) is 0. The molecule has 8 N–H and O–H groups in total. The average molecular weight is 198 g/mol. The molecule has 10 heavy (non-hydrogen) atoms. The van der Waals surface area contributed by atoms with Gasteiger partial charge in [0.2, 0.25) is 0 Å². The zero-order valence-corrected chi connectivity index (χ0v) is 6.29. The smallest absolute Gasteiger partial charge is 0.412 e. The molecule has 0 aromatic carbocycles. The van der Waals surface area contributed by atoms with Gasteiger partial charge in [-0.1, -0.05) is 0 Å². The molecule has 8 nitrogen and oxygen atoms in total. The Kier molecular flexibility index (Phi) is 6.95. The third-order valence-corrected chi connectivity index (χ3v) is 3.05. The van der Waals surface area contributed by atoms with Gasteiger partial charge in [0.15, 0.2) is 0 Å². The lowest BCUT2D eigenvalue weighted by atomic mass is 15.8. The molecule has 0 amide bonds. The van der Waals surface area contributed by atoms with Crippen LogP contribution in [0.2, 0.25) is 0 Å². The summed E-state index contributed by atoms with van der Waals surface area (Å²) in [4.78, 5) is 30.8. The second kappa shape index (κ2) is 4.17. The molecule has 0 unspecified atom stereocenters. The van der Waals surface area contributed by atoms with Crippen molar-refractivity contribution in [2.45, 2.75) is 0 Å². The van der Waals surface area contributed by atoms with Gasteiger partial charge >= 0.3 is 14.6 Å². The van der Waals surface area contributed by atoms with Gasteiger partial charge in [-0.3, -0.25) is 0 Å². The Morgan fingerprint density at radius 1 is 0.700 bits per heavy atom. The first-order valence-corrected chi connectivity index (χ1v) is 5.30. The van der Waals surface area contributed by atoms with Crippen LogP contribution >= 0.6 is 14.6 Å². The van der Waals surface area contributed by atoms with Gasteiger partial charge < -0.3 is 30.5 Å². The molecule has 0 radical (unpaired) electrons. The van der Waals surface area contributed by atoms with E-state index in [2.05, 4.69) is 0 Å². The minimum absolute atomic E-state index is 0. The van der Waals surface area contributed by atoms with Gasteiger partial charge in [0.1, 0.15) is 0 Å². The number of rotatable bonds is 1. The maximum absolute atomic E-state index is 9.58. The largest absolute Gasteiger partial charge is 0.435 e. The van der Waals surface area contributed by atoms with Crippen molar-refractivity contribution in [2.24, 2.45) is 0 Å². The van der Waals surface area contributed by atoms with Crippen LogP contribution < -0.4 is 0 Å². The highest BCUT2D eigenvalue weighted by Crippen LogP contribution is 2.71. The van der Waals surface area contributed by atoms with E-state index >= 15 is 0 Å². The van der Waals surface area contributed by atoms with Crippen LogP contribution in [0.15, 0.2) is 0 Å². The van der Waals surface area contributed by atoms with E-state index in [1.165, 1.54) is 0 Å². The van der Waals surface area contributed by atoms with E-state index in [4.69, 9.17) is 19.6 Å². The molecule has 0 saturated carbocycles. The van der Waals surface area contributed by atoms with Crippen LogP contribution in [0.4, 0.5) is 0 Å². The quantitative estimate of drug-likeness (QED) is 0.341. The first-order chi connectivity index (χ1) is 3.25. The molecule has 0 bridgehead atoms. The third kappa shape index (κ3) is 5.04. The Labute approximate surface area is 55.3 Å². The molecule has 0 aliphatic heterocycles. The monoisotopic (exact) mass is 198 g/mol. The summed E-state index contributed by atoms with van der Waals surface area (Å²) in [6, 6.07) is 0. The lowest BCUT2D eigenvalue weighted by molar-refractivity contribution is 0.340. The molecule has 0 atom stereocenters. The second-order valence-electron chi connectivity index (χ2n) is 1.03. The maximum atomic E-state index is 9.58. The van der Waals surface area contributed by atoms with E-state index < -0.39 is 14.6 Å². The summed E-state index contributed by atoms with van der Waals surface area (Å²) < 4.78 is 19.2. The van der Waals surface area contributed by atoms with Crippen LogP contribution in [0, 0.1) is 0 Å². The van der Waals surface area contributed by atoms with Crippen molar-refractivity contribution in [3.05, 3.63) is 0 Å². The van der Waals surface area contributed by atoms with Crippen LogP contribution in [0.5, 0.6) is 0 Å². The molecule has 0 fully saturated rings. The number of hydrogen-bond acceptors (Lipinski definition) is 2. The minimum atomic E-state index is -5.18. The van der Waals surface area contributed by atoms with Crippen molar-refractivity contribution < 1.29 is 39.7 Å². The lowest BCUT2D eigenvalue weighted by Gasteiger charge is -2.02. The van der Waals surface area contributed by atoms with Crippen molar-refractivity contribution in [3.63, 3.8) is 0 Å². The Balaban J connectivity index is -0.000000245. The maximum Gasteiger partial charge on any atom is 0.435 e. The molecule has 0 saturated heterocycles. The zero-order valence-electron chi connectivity index (χ0n) is 4.50. The van der Waals surface area contributed by atoms with Crippen LogP contribution in [-0.4, -0.2) is 30.5 Å². The van der Waals surface area contributed by atoms with Crippen molar-refractivity contribution >= 4 is 14.6 Å². The highest BCUT2D eigenvalue weighted by Gasteiger charge is 2.37. The minimum Gasteiger partial charge on any atom is -0.412 e. The molecular weight excluding hydrogens is 190 g/mol. The molecule has 0 aliphatic rings. The first kappa shape index (κ1) is 16.7. The molecule has 0 spiro atoms. The molecule has 66 valence electrons. The molecule has 0 aromatic rings. The van der Waals surface area contributed by atoms with Crippen molar-refractivity contribution in [2.75, 3.05) is 0 Å². The molecule has 0 aliphatic carbocycles.